The Morgan fingerprint density at radius 3 is 2.81 bits per heavy atom. The summed E-state index contributed by atoms with van der Waals surface area (Å²) < 4.78 is 5.30. The van der Waals surface area contributed by atoms with Gasteiger partial charge in [0.1, 0.15) is 5.75 Å². The van der Waals surface area contributed by atoms with Gasteiger partial charge in [0.05, 0.1) is 18.1 Å². The second-order valence-electron chi connectivity index (χ2n) is 3.17. The van der Waals surface area contributed by atoms with Crippen molar-refractivity contribution in [1.82, 2.24) is 10.9 Å². The van der Waals surface area contributed by atoms with E-state index in [1.165, 1.54) is 0 Å². The molecule has 0 bridgehead atoms. The summed E-state index contributed by atoms with van der Waals surface area (Å²) >= 11 is 6.00. The van der Waals surface area contributed by atoms with E-state index in [1.807, 2.05) is 13.0 Å². The molecule has 1 aromatic carbocycles. The number of ether oxygens (including phenoxy) is 1. The first-order valence-electron chi connectivity index (χ1n) is 5.04. The van der Waals surface area contributed by atoms with E-state index in [-0.39, 0.29) is 12.3 Å². The predicted octanol–water partition coefficient (Wildman–Crippen LogP) is 1.53. The van der Waals surface area contributed by atoms with E-state index in [0.717, 1.165) is 5.56 Å². The largest absolute Gasteiger partial charge is 0.492 e. The molecule has 4 nitrogen and oxygen atoms in total. The third-order valence-corrected chi connectivity index (χ3v) is 2.22. The third-order valence-electron chi connectivity index (χ3n) is 1.93. The van der Waals surface area contributed by atoms with E-state index in [0.29, 0.717) is 17.4 Å². The predicted molar refractivity (Wildman–Crippen MR) is 63.5 cm³/mol. The minimum atomic E-state index is -0.109. The Morgan fingerprint density at radius 1 is 1.50 bits per heavy atom. The van der Waals surface area contributed by atoms with Crippen LogP contribution in [0.25, 0.3) is 0 Å². The van der Waals surface area contributed by atoms with Gasteiger partial charge < -0.3 is 4.74 Å². The maximum Gasteiger partial charge on any atom is 0.238 e. The molecule has 0 aliphatic carbocycles. The summed E-state index contributed by atoms with van der Waals surface area (Å²) in [5, 5.41) is 0.525. The Kier molecular flexibility index (Phi) is 5.08. The minimum Gasteiger partial charge on any atom is -0.492 e. The van der Waals surface area contributed by atoms with Gasteiger partial charge in [-0.15, -0.1) is 0 Å². The summed E-state index contributed by atoms with van der Waals surface area (Å²) in [6.45, 7) is 2.46. The van der Waals surface area contributed by atoms with Crippen LogP contribution in [0, 0.1) is 0 Å². The molecule has 0 radical (unpaired) electrons. The lowest BCUT2D eigenvalue weighted by Crippen LogP contribution is -2.35. The lowest BCUT2D eigenvalue weighted by atomic mass is 10.1. The first-order chi connectivity index (χ1) is 7.67. The minimum absolute atomic E-state index is 0.109. The van der Waals surface area contributed by atoms with Gasteiger partial charge in [-0.2, -0.15) is 0 Å². The van der Waals surface area contributed by atoms with Crippen molar-refractivity contribution in [3.8, 4) is 5.75 Å². The van der Waals surface area contributed by atoms with E-state index in [2.05, 4.69) is 10.9 Å². The summed E-state index contributed by atoms with van der Waals surface area (Å²) in [6.07, 6.45) is 0.285. The molecule has 16 heavy (non-hydrogen) atoms. The average molecular weight is 243 g/mol. The maximum absolute atomic E-state index is 11.3. The van der Waals surface area contributed by atoms with Gasteiger partial charge in [-0.05, 0) is 24.6 Å². The van der Waals surface area contributed by atoms with Gasteiger partial charge in [0.2, 0.25) is 5.91 Å². The summed E-state index contributed by atoms with van der Waals surface area (Å²) in [7, 11) is 1.64. The van der Waals surface area contributed by atoms with Gasteiger partial charge in [0.25, 0.3) is 0 Å². The number of hydrogen-bond donors (Lipinski definition) is 2. The summed E-state index contributed by atoms with van der Waals surface area (Å²) in [6, 6.07) is 5.34. The lowest BCUT2D eigenvalue weighted by molar-refractivity contribution is -0.121. The number of halogens is 1. The van der Waals surface area contributed by atoms with Crippen molar-refractivity contribution in [2.24, 2.45) is 0 Å². The van der Waals surface area contributed by atoms with Crippen LogP contribution in [0.5, 0.6) is 5.75 Å². The summed E-state index contributed by atoms with van der Waals surface area (Å²) in [4.78, 5) is 11.3. The highest BCUT2D eigenvalue weighted by molar-refractivity contribution is 6.32. The number of carbonyl (C=O) groups is 1. The number of rotatable bonds is 5. The maximum atomic E-state index is 11.3. The molecule has 0 saturated carbocycles. The fourth-order valence-electron chi connectivity index (χ4n) is 1.30. The molecule has 0 fully saturated rings. The number of hydrazine groups is 1. The van der Waals surface area contributed by atoms with Crippen LogP contribution in [0.2, 0.25) is 5.02 Å². The number of amides is 1. The molecule has 0 aliphatic rings. The Morgan fingerprint density at radius 2 is 2.25 bits per heavy atom. The van der Waals surface area contributed by atoms with Crippen molar-refractivity contribution in [1.29, 1.82) is 0 Å². The zero-order valence-corrected chi connectivity index (χ0v) is 10.1. The van der Waals surface area contributed by atoms with Crippen molar-refractivity contribution < 1.29 is 9.53 Å². The van der Waals surface area contributed by atoms with Crippen LogP contribution in [-0.4, -0.2) is 19.6 Å². The summed E-state index contributed by atoms with van der Waals surface area (Å²) in [5.41, 5.74) is 5.92. The topological polar surface area (TPSA) is 50.4 Å². The average Bonchev–Trinajstić information content (AvgIpc) is 2.22. The fraction of sp³-hybridized carbons (Fsp3) is 0.364. The molecule has 0 aromatic heterocycles. The van der Waals surface area contributed by atoms with E-state index in [9.17, 15) is 4.79 Å². The highest BCUT2D eigenvalue weighted by atomic mass is 35.5. The molecule has 1 amide bonds. The molecular formula is C11H15ClN2O2. The van der Waals surface area contributed by atoms with Crippen molar-refractivity contribution in [3.05, 3.63) is 28.8 Å². The quantitative estimate of drug-likeness (QED) is 0.770. The molecule has 88 valence electrons. The summed E-state index contributed by atoms with van der Waals surface area (Å²) in [5.74, 6) is 0.532. The normalized spacial score (nSPS) is 9.94. The highest BCUT2D eigenvalue weighted by Gasteiger charge is 2.06. The Labute approximate surface area is 99.9 Å². The molecular weight excluding hydrogens is 228 g/mol. The monoisotopic (exact) mass is 242 g/mol. The molecule has 0 heterocycles. The van der Waals surface area contributed by atoms with Crippen LogP contribution in [0.4, 0.5) is 0 Å². The number of benzene rings is 1. The van der Waals surface area contributed by atoms with Crippen LogP contribution >= 0.6 is 11.6 Å². The van der Waals surface area contributed by atoms with Gasteiger partial charge in [0.15, 0.2) is 0 Å². The fourth-order valence-corrected chi connectivity index (χ4v) is 1.55. The first-order valence-corrected chi connectivity index (χ1v) is 5.42. The van der Waals surface area contributed by atoms with E-state index in [1.54, 1.807) is 19.2 Å². The molecule has 0 saturated heterocycles. The number of carbonyl (C=O) groups excluding carboxylic acids is 1. The van der Waals surface area contributed by atoms with E-state index < -0.39 is 0 Å². The standard InChI is InChI=1S/C11H15ClN2O2/c1-3-16-10-5-4-8(6-9(10)12)7-11(15)14-13-2/h4-6,13H,3,7H2,1-2H3,(H,14,15). The van der Waals surface area contributed by atoms with Gasteiger partial charge in [-0.3, -0.25) is 10.2 Å². The smallest absolute Gasteiger partial charge is 0.238 e. The molecule has 0 aliphatic heterocycles. The number of nitrogens with one attached hydrogen (secondary N) is 2. The molecule has 5 heteroatoms. The van der Waals surface area contributed by atoms with Crippen molar-refractivity contribution in [2.75, 3.05) is 13.7 Å². The Hall–Kier alpha value is -1.26. The van der Waals surface area contributed by atoms with Crippen LogP contribution in [-0.2, 0) is 11.2 Å². The van der Waals surface area contributed by atoms with Crippen LogP contribution in [0.15, 0.2) is 18.2 Å². The molecule has 0 atom stereocenters. The van der Waals surface area contributed by atoms with Gasteiger partial charge in [0, 0.05) is 7.05 Å². The van der Waals surface area contributed by atoms with E-state index in [4.69, 9.17) is 16.3 Å². The van der Waals surface area contributed by atoms with Crippen molar-refractivity contribution in [2.45, 2.75) is 13.3 Å². The Bertz CT molecular complexity index is 369. The molecule has 1 aromatic rings. The van der Waals surface area contributed by atoms with Crippen LogP contribution < -0.4 is 15.6 Å². The second kappa shape index (κ2) is 6.35. The molecule has 1 rings (SSSR count). The zero-order valence-electron chi connectivity index (χ0n) is 9.34. The van der Waals surface area contributed by atoms with E-state index >= 15 is 0 Å². The third kappa shape index (κ3) is 3.72. The SMILES string of the molecule is CCOc1ccc(CC(=O)NNC)cc1Cl. The van der Waals surface area contributed by atoms with Crippen LogP contribution in [0.1, 0.15) is 12.5 Å². The zero-order chi connectivity index (χ0) is 12.0. The van der Waals surface area contributed by atoms with Gasteiger partial charge >= 0.3 is 0 Å². The molecule has 2 N–H and O–H groups in total. The van der Waals surface area contributed by atoms with Gasteiger partial charge in [-0.1, -0.05) is 17.7 Å². The van der Waals surface area contributed by atoms with Crippen molar-refractivity contribution in [3.63, 3.8) is 0 Å². The highest BCUT2D eigenvalue weighted by Crippen LogP contribution is 2.25. The van der Waals surface area contributed by atoms with Crippen LogP contribution in [0.3, 0.4) is 0 Å². The molecule has 0 spiro atoms. The van der Waals surface area contributed by atoms with Gasteiger partial charge in [-0.25, -0.2) is 5.43 Å². The van der Waals surface area contributed by atoms with Crippen molar-refractivity contribution >= 4 is 17.5 Å². The molecule has 0 unspecified atom stereocenters. The Balaban J connectivity index is 2.69. The number of hydrogen-bond acceptors (Lipinski definition) is 3. The first kappa shape index (κ1) is 12.8. The lowest BCUT2D eigenvalue weighted by Gasteiger charge is -2.07. The second-order valence-corrected chi connectivity index (χ2v) is 3.58.